The van der Waals surface area contributed by atoms with Gasteiger partial charge in [0.1, 0.15) is 11.3 Å². The van der Waals surface area contributed by atoms with Crippen LogP contribution < -0.4 is 0 Å². The van der Waals surface area contributed by atoms with Gasteiger partial charge in [0.2, 0.25) is 9.84 Å². The van der Waals surface area contributed by atoms with Crippen molar-refractivity contribution in [3.63, 3.8) is 0 Å². The average molecular weight is 393 g/mol. The molecule has 1 aromatic heterocycles. The SMILES string of the molecule is CC(c1cc2ccccc2o1)N(C)C(=O)c1ccc(S(=O)(=O)C(F)F)cc1. The van der Waals surface area contributed by atoms with Crippen LogP contribution in [0.3, 0.4) is 0 Å². The number of sulfone groups is 1. The molecular weight excluding hydrogens is 376 g/mol. The Bertz CT molecular complexity index is 1040. The number of halogens is 2. The zero-order valence-corrected chi connectivity index (χ0v) is 15.4. The minimum absolute atomic E-state index is 0.189. The number of para-hydroxylation sites is 1. The standard InChI is InChI=1S/C19H17F2NO4S/c1-12(17-11-14-5-3-4-6-16(14)26-17)22(2)18(23)13-7-9-15(10-8-13)27(24,25)19(20)21/h3-12,19H,1-2H3. The van der Waals surface area contributed by atoms with Crippen LogP contribution in [0.1, 0.15) is 29.1 Å². The zero-order chi connectivity index (χ0) is 19.8. The van der Waals surface area contributed by atoms with E-state index in [0.29, 0.717) is 11.3 Å². The van der Waals surface area contributed by atoms with Gasteiger partial charge in [0.15, 0.2) is 0 Å². The predicted molar refractivity (Wildman–Crippen MR) is 96.4 cm³/mol. The van der Waals surface area contributed by atoms with Crippen LogP contribution in [0.5, 0.6) is 0 Å². The van der Waals surface area contributed by atoms with Gasteiger partial charge in [-0.3, -0.25) is 4.79 Å². The van der Waals surface area contributed by atoms with Crippen molar-refractivity contribution in [2.75, 3.05) is 7.05 Å². The average Bonchev–Trinajstić information content (AvgIpc) is 3.10. The fourth-order valence-corrected chi connectivity index (χ4v) is 3.39. The van der Waals surface area contributed by atoms with Gasteiger partial charge in [-0.25, -0.2) is 8.42 Å². The summed E-state index contributed by atoms with van der Waals surface area (Å²) in [5.74, 6) is -3.29. The van der Waals surface area contributed by atoms with E-state index in [1.54, 1.807) is 14.0 Å². The van der Waals surface area contributed by atoms with Gasteiger partial charge >= 0.3 is 5.76 Å². The van der Waals surface area contributed by atoms with Crippen molar-refractivity contribution in [3.05, 3.63) is 65.9 Å². The largest absolute Gasteiger partial charge is 0.459 e. The molecule has 0 aliphatic heterocycles. The number of carbonyl (C=O) groups is 1. The molecule has 1 amide bonds. The summed E-state index contributed by atoms with van der Waals surface area (Å²) in [6, 6.07) is 13.4. The quantitative estimate of drug-likeness (QED) is 0.650. The van der Waals surface area contributed by atoms with Crippen molar-refractivity contribution < 1.29 is 26.4 Å². The van der Waals surface area contributed by atoms with Crippen LogP contribution in [-0.4, -0.2) is 32.0 Å². The van der Waals surface area contributed by atoms with Gasteiger partial charge in [-0.15, -0.1) is 0 Å². The van der Waals surface area contributed by atoms with E-state index in [0.717, 1.165) is 17.5 Å². The van der Waals surface area contributed by atoms with Gasteiger partial charge in [-0.2, -0.15) is 8.78 Å². The number of amides is 1. The fourth-order valence-electron chi connectivity index (χ4n) is 2.67. The van der Waals surface area contributed by atoms with Crippen molar-refractivity contribution in [1.29, 1.82) is 0 Å². The monoisotopic (exact) mass is 393 g/mol. The van der Waals surface area contributed by atoms with Crippen molar-refractivity contribution in [2.45, 2.75) is 23.6 Å². The molecule has 1 atom stereocenters. The molecule has 1 unspecified atom stereocenters. The topological polar surface area (TPSA) is 67.6 Å². The summed E-state index contributed by atoms with van der Waals surface area (Å²) < 4.78 is 53.9. The number of nitrogens with zero attached hydrogens (tertiary/aromatic N) is 1. The summed E-state index contributed by atoms with van der Waals surface area (Å²) in [4.78, 5) is 13.6. The number of carbonyl (C=O) groups excluding carboxylic acids is 1. The first-order valence-corrected chi connectivity index (χ1v) is 9.64. The van der Waals surface area contributed by atoms with Crippen molar-refractivity contribution in [3.8, 4) is 0 Å². The van der Waals surface area contributed by atoms with E-state index < -0.39 is 20.5 Å². The van der Waals surface area contributed by atoms with E-state index in [1.165, 1.54) is 17.0 Å². The molecule has 3 aromatic rings. The Hall–Kier alpha value is -2.74. The van der Waals surface area contributed by atoms with Gasteiger partial charge in [0, 0.05) is 18.0 Å². The van der Waals surface area contributed by atoms with Crippen LogP contribution in [-0.2, 0) is 9.84 Å². The van der Waals surface area contributed by atoms with Gasteiger partial charge in [0.25, 0.3) is 5.91 Å². The molecule has 3 rings (SSSR count). The second-order valence-electron chi connectivity index (χ2n) is 6.11. The summed E-state index contributed by atoms with van der Waals surface area (Å²) in [6.45, 7) is 1.80. The van der Waals surface area contributed by atoms with Crippen molar-refractivity contribution >= 4 is 26.7 Å². The van der Waals surface area contributed by atoms with Gasteiger partial charge < -0.3 is 9.32 Å². The maximum atomic E-state index is 12.7. The number of rotatable bonds is 5. The number of hydrogen-bond acceptors (Lipinski definition) is 4. The molecule has 0 radical (unpaired) electrons. The summed E-state index contributed by atoms with van der Waals surface area (Å²) in [7, 11) is -3.10. The number of benzene rings is 2. The lowest BCUT2D eigenvalue weighted by atomic mass is 10.1. The third kappa shape index (κ3) is 3.57. The minimum Gasteiger partial charge on any atom is -0.459 e. The smallest absolute Gasteiger partial charge is 0.341 e. The number of fused-ring (bicyclic) bond motifs is 1. The van der Waals surface area contributed by atoms with Crippen LogP contribution >= 0.6 is 0 Å². The zero-order valence-electron chi connectivity index (χ0n) is 14.6. The Balaban J connectivity index is 1.82. The lowest BCUT2D eigenvalue weighted by Crippen LogP contribution is -2.29. The fraction of sp³-hybridized carbons (Fsp3) is 0.211. The van der Waals surface area contributed by atoms with Gasteiger partial charge in [0.05, 0.1) is 10.9 Å². The highest BCUT2D eigenvalue weighted by Gasteiger charge is 2.27. The molecule has 0 N–H and O–H groups in total. The van der Waals surface area contributed by atoms with Crippen LogP contribution in [0.25, 0.3) is 11.0 Å². The molecule has 2 aromatic carbocycles. The Kier molecular flexibility index (Phi) is 5.01. The molecule has 0 aliphatic rings. The van der Waals surface area contributed by atoms with E-state index in [1.807, 2.05) is 30.3 Å². The highest BCUT2D eigenvalue weighted by Crippen LogP contribution is 2.28. The Morgan fingerprint density at radius 1 is 1.07 bits per heavy atom. The summed E-state index contributed by atoms with van der Waals surface area (Å²) >= 11 is 0. The van der Waals surface area contributed by atoms with E-state index in [2.05, 4.69) is 0 Å². The normalized spacial score (nSPS) is 13.1. The van der Waals surface area contributed by atoms with Gasteiger partial charge in [-0.1, -0.05) is 18.2 Å². The van der Waals surface area contributed by atoms with E-state index in [9.17, 15) is 22.0 Å². The van der Waals surface area contributed by atoms with Crippen LogP contribution in [0.2, 0.25) is 0 Å². The van der Waals surface area contributed by atoms with Gasteiger partial charge in [-0.05, 0) is 43.3 Å². The van der Waals surface area contributed by atoms with Crippen molar-refractivity contribution in [2.24, 2.45) is 0 Å². The first-order chi connectivity index (χ1) is 12.7. The number of furan rings is 1. The molecule has 1 heterocycles. The maximum Gasteiger partial charge on any atom is 0.341 e. The minimum atomic E-state index is -4.69. The molecule has 142 valence electrons. The van der Waals surface area contributed by atoms with Crippen LogP contribution in [0.15, 0.2) is 63.9 Å². The van der Waals surface area contributed by atoms with E-state index >= 15 is 0 Å². The highest BCUT2D eigenvalue weighted by molar-refractivity contribution is 7.91. The van der Waals surface area contributed by atoms with Crippen molar-refractivity contribution in [1.82, 2.24) is 4.90 Å². The molecule has 5 nitrogen and oxygen atoms in total. The predicted octanol–water partition coefficient (Wildman–Crippen LogP) is 4.26. The third-order valence-electron chi connectivity index (χ3n) is 4.42. The Morgan fingerprint density at radius 2 is 1.70 bits per heavy atom. The molecule has 8 heteroatoms. The lowest BCUT2D eigenvalue weighted by Gasteiger charge is -2.23. The first kappa shape index (κ1) is 19.0. The summed E-state index contributed by atoms with van der Waals surface area (Å²) in [6.07, 6.45) is 0. The molecule has 0 spiro atoms. The number of alkyl halides is 2. The second-order valence-corrected chi connectivity index (χ2v) is 8.03. The highest BCUT2D eigenvalue weighted by atomic mass is 32.2. The van der Waals surface area contributed by atoms with Crippen LogP contribution in [0, 0.1) is 0 Å². The molecular formula is C19H17F2NO4S. The molecule has 0 saturated heterocycles. The molecule has 0 saturated carbocycles. The molecule has 0 aliphatic carbocycles. The Labute approximate surface area is 155 Å². The number of hydrogen-bond donors (Lipinski definition) is 0. The Morgan fingerprint density at radius 3 is 2.30 bits per heavy atom. The van der Waals surface area contributed by atoms with Crippen LogP contribution in [0.4, 0.5) is 8.78 Å². The maximum absolute atomic E-state index is 12.7. The third-order valence-corrected chi connectivity index (χ3v) is 5.82. The van der Waals surface area contributed by atoms with E-state index in [-0.39, 0.29) is 17.5 Å². The molecule has 0 bridgehead atoms. The summed E-state index contributed by atoms with van der Waals surface area (Å²) in [5.41, 5.74) is 0.899. The molecule has 0 fully saturated rings. The molecule has 27 heavy (non-hydrogen) atoms. The van der Waals surface area contributed by atoms with E-state index in [4.69, 9.17) is 4.42 Å². The summed E-state index contributed by atoms with van der Waals surface area (Å²) in [5, 5.41) is 0.918. The second kappa shape index (κ2) is 7.11. The first-order valence-electron chi connectivity index (χ1n) is 8.09. The lowest BCUT2D eigenvalue weighted by molar-refractivity contribution is 0.0727.